The smallest absolute Gasteiger partial charge is 0.250 e. The molecule has 2 aromatic carbocycles. The van der Waals surface area contributed by atoms with Crippen molar-refractivity contribution in [2.24, 2.45) is 0 Å². The molecular formula is C19H20N2O2S. The summed E-state index contributed by atoms with van der Waals surface area (Å²) in [7, 11) is 0. The second kappa shape index (κ2) is 9.60. The molecule has 0 aliphatic carbocycles. The first-order chi connectivity index (χ1) is 11.7. The summed E-state index contributed by atoms with van der Waals surface area (Å²) in [5.41, 5.74) is 2.00. The van der Waals surface area contributed by atoms with Gasteiger partial charge in [-0.2, -0.15) is 0 Å². The maximum Gasteiger partial charge on any atom is 0.250 e. The monoisotopic (exact) mass is 340 g/mol. The van der Waals surface area contributed by atoms with Crippen molar-refractivity contribution in [1.82, 2.24) is 10.2 Å². The van der Waals surface area contributed by atoms with Crippen LogP contribution < -0.4 is 5.32 Å². The average molecular weight is 340 g/mol. The molecule has 0 bridgehead atoms. The minimum absolute atomic E-state index is 0.0390. The van der Waals surface area contributed by atoms with Crippen molar-refractivity contribution in [3.05, 3.63) is 77.9 Å². The molecule has 0 aliphatic rings. The molecule has 4 nitrogen and oxygen atoms in total. The highest BCUT2D eigenvalue weighted by atomic mass is 32.1. The van der Waals surface area contributed by atoms with Crippen LogP contribution in [0.2, 0.25) is 0 Å². The van der Waals surface area contributed by atoms with Crippen molar-refractivity contribution < 1.29 is 9.90 Å². The largest absolute Gasteiger partial charge is 0.395 e. The number of thiocarbonyl (C=S) groups is 1. The number of rotatable bonds is 6. The van der Waals surface area contributed by atoms with E-state index in [0.717, 1.165) is 11.1 Å². The lowest BCUT2D eigenvalue weighted by Crippen LogP contribution is -2.43. The predicted molar refractivity (Wildman–Crippen MR) is 100 cm³/mol. The Morgan fingerprint density at radius 2 is 1.71 bits per heavy atom. The summed E-state index contributed by atoms with van der Waals surface area (Å²) < 4.78 is 0. The van der Waals surface area contributed by atoms with Gasteiger partial charge in [0.2, 0.25) is 5.91 Å². The molecule has 0 aromatic heterocycles. The quantitative estimate of drug-likeness (QED) is 0.627. The summed E-state index contributed by atoms with van der Waals surface area (Å²) in [6.45, 7) is 0.849. The molecule has 0 aliphatic heterocycles. The van der Waals surface area contributed by atoms with Crippen LogP contribution in [0.5, 0.6) is 0 Å². The molecule has 0 saturated carbocycles. The third-order valence-electron chi connectivity index (χ3n) is 3.33. The van der Waals surface area contributed by atoms with Gasteiger partial charge in [0.25, 0.3) is 0 Å². The standard InChI is InChI=1S/C19H20N2O2S/c22-14-13-21(15-17-9-5-2-6-10-17)19(24)20-18(23)12-11-16-7-3-1-4-8-16/h1-12,22H,13-15H2,(H,20,23,24). The number of hydrogen-bond acceptors (Lipinski definition) is 3. The van der Waals surface area contributed by atoms with E-state index < -0.39 is 0 Å². The van der Waals surface area contributed by atoms with Gasteiger partial charge in [0, 0.05) is 19.2 Å². The van der Waals surface area contributed by atoms with Crippen molar-refractivity contribution in [3.8, 4) is 0 Å². The van der Waals surface area contributed by atoms with Crippen LogP contribution in [0.3, 0.4) is 0 Å². The molecule has 2 rings (SSSR count). The molecule has 0 fully saturated rings. The Bertz CT molecular complexity index is 687. The zero-order chi connectivity index (χ0) is 17.2. The molecule has 2 aromatic rings. The zero-order valence-corrected chi connectivity index (χ0v) is 14.1. The van der Waals surface area contributed by atoms with E-state index in [2.05, 4.69) is 5.32 Å². The molecular weight excluding hydrogens is 320 g/mol. The van der Waals surface area contributed by atoms with Gasteiger partial charge in [-0.1, -0.05) is 60.7 Å². The van der Waals surface area contributed by atoms with Gasteiger partial charge in [-0.25, -0.2) is 0 Å². The summed E-state index contributed by atoms with van der Waals surface area (Å²) in [5, 5.41) is 12.2. The Labute approximate surface area is 147 Å². The van der Waals surface area contributed by atoms with Gasteiger partial charge in [-0.3, -0.25) is 10.1 Å². The Morgan fingerprint density at radius 1 is 1.08 bits per heavy atom. The van der Waals surface area contributed by atoms with Crippen LogP contribution in [0.15, 0.2) is 66.7 Å². The lowest BCUT2D eigenvalue weighted by molar-refractivity contribution is -0.115. The number of carbonyl (C=O) groups is 1. The first-order valence-corrected chi connectivity index (χ1v) is 8.07. The Morgan fingerprint density at radius 3 is 2.33 bits per heavy atom. The molecule has 0 heterocycles. The number of aliphatic hydroxyl groups excluding tert-OH is 1. The molecule has 5 heteroatoms. The van der Waals surface area contributed by atoms with Crippen molar-refractivity contribution in [3.63, 3.8) is 0 Å². The highest BCUT2D eigenvalue weighted by molar-refractivity contribution is 7.80. The molecule has 0 atom stereocenters. The first kappa shape index (κ1) is 17.8. The summed E-state index contributed by atoms with van der Waals surface area (Å²) in [4.78, 5) is 13.8. The molecule has 124 valence electrons. The Kier molecular flexibility index (Phi) is 7.14. The van der Waals surface area contributed by atoms with E-state index in [9.17, 15) is 9.90 Å². The number of hydrogen-bond donors (Lipinski definition) is 2. The molecule has 0 unspecified atom stereocenters. The van der Waals surface area contributed by atoms with E-state index in [1.165, 1.54) is 6.08 Å². The minimum atomic E-state index is -0.292. The Balaban J connectivity index is 1.94. The van der Waals surface area contributed by atoms with Gasteiger partial charge < -0.3 is 10.0 Å². The molecule has 0 spiro atoms. The van der Waals surface area contributed by atoms with Gasteiger partial charge in [0.1, 0.15) is 0 Å². The number of carbonyl (C=O) groups excluding carboxylic acids is 1. The fourth-order valence-electron chi connectivity index (χ4n) is 2.14. The highest BCUT2D eigenvalue weighted by Crippen LogP contribution is 2.05. The molecule has 0 saturated heterocycles. The van der Waals surface area contributed by atoms with Crippen LogP contribution >= 0.6 is 12.2 Å². The maximum absolute atomic E-state index is 12.0. The van der Waals surface area contributed by atoms with Crippen LogP contribution in [0.25, 0.3) is 6.08 Å². The number of nitrogens with one attached hydrogen (secondary N) is 1. The van der Waals surface area contributed by atoms with Gasteiger partial charge in [0.15, 0.2) is 5.11 Å². The van der Waals surface area contributed by atoms with Crippen LogP contribution in [0, 0.1) is 0 Å². The van der Waals surface area contributed by atoms with Gasteiger partial charge in [-0.05, 0) is 29.4 Å². The lowest BCUT2D eigenvalue weighted by atomic mass is 10.2. The van der Waals surface area contributed by atoms with Crippen molar-refractivity contribution in [2.45, 2.75) is 6.54 Å². The number of aliphatic hydroxyl groups is 1. The van der Waals surface area contributed by atoms with Crippen molar-refractivity contribution in [1.29, 1.82) is 0 Å². The van der Waals surface area contributed by atoms with Crippen molar-refractivity contribution in [2.75, 3.05) is 13.2 Å². The second-order valence-electron chi connectivity index (χ2n) is 5.17. The normalized spacial score (nSPS) is 10.5. The molecule has 0 radical (unpaired) electrons. The average Bonchev–Trinajstić information content (AvgIpc) is 2.61. The maximum atomic E-state index is 12.0. The van der Waals surface area contributed by atoms with Crippen LogP contribution in [-0.4, -0.2) is 34.2 Å². The van der Waals surface area contributed by atoms with Gasteiger partial charge in [0.05, 0.1) is 6.61 Å². The Hall–Kier alpha value is -2.50. The second-order valence-corrected chi connectivity index (χ2v) is 5.56. The van der Waals surface area contributed by atoms with Crippen LogP contribution in [0.4, 0.5) is 0 Å². The fourth-order valence-corrected chi connectivity index (χ4v) is 2.40. The van der Waals surface area contributed by atoms with Crippen LogP contribution in [-0.2, 0) is 11.3 Å². The number of benzene rings is 2. The van der Waals surface area contributed by atoms with Gasteiger partial charge in [-0.15, -0.1) is 0 Å². The first-order valence-electron chi connectivity index (χ1n) is 7.67. The minimum Gasteiger partial charge on any atom is -0.395 e. The fraction of sp³-hybridized carbons (Fsp3) is 0.158. The summed E-state index contributed by atoms with van der Waals surface area (Å²) in [5.74, 6) is -0.292. The van der Waals surface area contributed by atoms with E-state index in [0.29, 0.717) is 18.2 Å². The third-order valence-corrected chi connectivity index (χ3v) is 3.69. The van der Waals surface area contributed by atoms with E-state index in [-0.39, 0.29) is 12.5 Å². The summed E-state index contributed by atoms with van der Waals surface area (Å²) in [6, 6.07) is 19.3. The third kappa shape index (κ3) is 5.95. The van der Waals surface area contributed by atoms with E-state index in [1.807, 2.05) is 60.7 Å². The van der Waals surface area contributed by atoms with Crippen LogP contribution in [0.1, 0.15) is 11.1 Å². The zero-order valence-electron chi connectivity index (χ0n) is 13.3. The molecule has 24 heavy (non-hydrogen) atoms. The van der Waals surface area contributed by atoms with Gasteiger partial charge >= 0.3 is 0 Å². The SMILES string of the molecule is O=C(C=Cc1ccccc1)NC(=S)N(CCO)Cc1ccccc1. The van der Waals surface area contributed by atoms with Crippen molar-refractivity contribution >= 4 is 29.3 Å². The molecule has 2 N–H and O–H groups in total. The number of nitrogens with zero attached hydrogens (tertiary/aromatic N) is 1. The number of amides is 1. The molecule has 1 amide bonds. The topological polar surface area (TPSA) is 52.6 Å². The van der Waals surface area contributed by atoms with E-state index in [1.54, 1.807) is 11.0 Å². The summed E-state index contributed by atoms with van der Waals surface area (Å²) >= 11 is 5.30. The van der Waals surface area contributed by atoms with E-state index >= 15 is 0 Å². The predicted octanol–water partition coefficient (Wildman–Crippen LogP) is 2.60. The lowest BCUT2D eigenvalue weighted by Gasteiger charge is -2.24. The van der Waals surface area contributed by atoms with E-state index in [4.69, 9.17) is 12.2 Å². The highest BCUT2D eigenvalue weighted by Gasteiger charge is 2.11. The summed E-state index contributed by atoms with van der Waals surface area (Å²) in [6.07, 6.45) is 3.17.